The van der Waals surface area contributed by atoms with Crippen LogP contribution in [0.5, 0.6) is 5.75 Å². The second kappa shape index (κ2) is 9.42. The standard InChI is InChI=1S/C21H20F5NO4/c1-12(28)7-8-27-11-13-9-15(21(24,25)26)3-5-16(13)17-10-14(4-6-18(17)31-2)20(22,23)19(29)30/h3-6,9-10,27H,7-8,11H2,1-2H3,(H,29,30). The summed E-state index contributed by atoms with van der Waals surface area (Å²) in [6, 6.07) is 5.69. The molecule has 0 heterocycles. The SMILES string of the molecule is COc1ccc(C(F)(F)C(=O)O)cc1-c1ccc(C(F)(F)F)cc1CNCCC(C)=O. The lowest BCUT2D eigenvalue weighted by atomic mass is 9.93. The molecule has 0 aliphatic heterocycles. The third-order valence-corrected chi connectivity index (χ3v) is 4.52. The van der Waals surface area contributed by atoms with Gasteiger partial charge in [-0.3, -0.25) is 4.79 Å². The maximum absolute atomic E-state index is 14.0. The Bertz CT molecular complexity index is 973. The summed E-state index contributed by atoms with van der Waals surface area (Å²) >= 11 is 0. The molecule has 0 aliphatic rings. The van der Waals surface area contributed by atoms with Crippen molar-refractivity contribution in [3.8, 4) is 16.9 Å². The monoisotopic (exact) mass is 445 g/mol. The number of ether oxygens (including phenoxy) is 1. The summed E-state index contributed by atoms with van der Waals surface area (Å²) < 4.78 is 72.8. The number of hydrogen-bond acceptors (Lipinski definition) is 4. The lowest BCUT2D eigenvalue weighted by Gasteiger charge is -2.19. The van der Waals surface area contributed by atoms with E-state index in [2.05, 4.69) is 5.32 Å². The molecule has 0 fully saturated rings. The van der Waals surface area contributed by atoms with Crippen LogP contribution >= 0.6 is 0 Å². The molecule has 2 rings (SSSR count). The summed E-state index contributed by atoms with van der Waals surface area (Å²) in [5.74, 6) is -6.59. The number of methoxy groups -OCH3 is 1. The van der Waals surface area contributed by atoms with Gasteiger partial charge in [0.1, 0.15) is 11.5 Å². The van der Waals surface area contributed by atoms with E-state index in [0.29, 0.717) is 0 Å². The summed E-state index contributed by atoms with van der Waals surface area (Å²) in [4.78, 5) is 22.0. The van der Waals surface area contributed by atoms with Crippen molar-refractivity contribution in [2.75, 3.05) is 13.7 Å². The highest BCUT2D eigenvalue weighted by Crippen LogP contribution is 2.40. The Kier molecular flexibility index (Phi) is 7.37. The van der Waals surface area contributed by atoms with E-state index in [1.165, 1.54) is 14.0 Å². The molecular weight excluding hydrogens is 425 g/mol. The molecule has 31 heavy (non-hydrogen) atoms. The third-order valence-electron chi connectivity index (χ3n) is 4.52. The first-order chi connectivity index (χ1) is 14.4. The molecule has 0 bridgehead atoms. The van der Waals surface area contributed by atoms with Crippen LogP contribution in [0.15, 0.2) is 36.4 Å². The smallest absolute Gasteiger partial charge is 0.416 e. The molecule has 2 aromatic rings. The maximum Gasteiger partial charge on any atom is 0.416 e. The molecule has 0 atom stereocenters. The number of hydrogen-bond donors (Lipinski definition) is 2. The average Bonchev–Trinajstić information content (AvgIpc) is 2.69. The molecule has 0 amide bonds. The highest BCUT2D eigenvalue weighted by atomic mass is 19.4. The molecule has 0 spiro atoms. The van der Waals surface area contributed by atoms with Crippen molar-refractivity contribution in [2.24, 2.45) is 0 Å². The van der Waals surface area contributed by atoms with Crippen LogP contribution in [0.1, 0.15) is 30.0 Å². The fourth-order valence-electron chi connectivity index (χ4n) is 2.90. The number of aliphatic carboxylic acids is 1. The minimum atomic E-state index is -4.63. The lowest BCUT2D eigenvalue weighted by Crippen LogP contribution is -2.25. The first kappa shape index (κ1) is 24.3. The number of Topliss-reactive ketones (excluding diaryl/α,β-unsaturated/α-hetero) is 1. The highest BCUT2D eigenvalue weighted by Gasteiger charge is 2.41. The largest absolute Gasteiger partial charge is 0.496 e. The number of nitrogens with one attached hydrogen (secondary N) is 1. The molecule has 0 saturated carbocycles. The molecule has 0 aliphatic carbocycles. The fourth-order valence-corrected chi connectivity index (χ4v) is 2.90. The maximum atomic E-state index is 14.0. The molecule has 0 aromatic heterocycles. The number of benzene rings is 2. The van der Waals surface area contributed by atoms with Crippen molar-refractivity contribution in [1.82, 2.24) is 5.32 Å². The van der Waals surface area contributed by atoms with Crippen molar-refractivity contribution in [2.45, 2.75) is 32.0 Å². The summed E-state index contributed by atoms with van der Waals surface area (Å²) in [5, 5.41) is 11.7. The number of carboxylic acids is 1. The van der Waals surface area contributed by atoms with E-state index in [1.807, 2.05) is 0 Å². The molecule has 0 unspecified atom stereocenters. The topological polar surface area (TPSA) is 75.6 Å². The van der Waals surface area contributed by atoms with Gasteiger partial charge in [-0.25, -0.2) is 4.79 Å². The van der Waals surface area contributed by atoms with Gasteiger partial charge < -0.3 is 15.2 Å². The Balaban J connectivity index is 2.59. The number of carboxylic acid groups (broad SMARTS) is 1. The summed E-state index contributed by atoms with van der Waals surface area (Å²) in [7, 11) is 1.25. The van der Waals surface area contributed by atoms with Crippen LogP contribution in [0.2, 0.25) is 0 Å². The Hall–Kier alpha value is -3.01. The van der Waals surface area contributed by atoms with Gasteiger partial charge in [0.25, 0.3) is 0 Å². The first-order valence-corrected chi connectivity index (χ1v) is 9.08. The predicted molar refractivity (Wildman–Crippen MR) is 102 cm³/mol. The van der Waals surface area contributed by atoms with Gasteiger partial charge >= 0.3 is 18.1 Å². The van der Waals surface area contributed by atoms with Crippen LogP contribution < -0.4 is 10.1 Å². The van der Waals surface area contributed by atoms with E-state index in [4.69, 9.17) is 9.84 Å². The van der Waals surface area contributed by atoms with Gasteiger partial charge in [-0.15, -0.1) is 0 Å². The van der Waals surface area contributed by atoms with Gasteiger partial charge in [0.05, 0.1) is 12.7 Å². The lowest BCUT2D eigenvalue weighted by molar-refractivity contribution is -0.166. The fraction of sp³-hybridized carbons (Fsp3) is 0.333. The molecule has 168 valence electrons. The number of rotatable bonds is 9. The zero-order chi connectivity index (χ0) is 23.4. The van der Waals surface area contributed by atoms with E-state index in [-0.39, 0.29) is 47.7 Å². The van der Waals surface area contributed by atoms with Crippen LogP contribution in [0.4, 0.5) is 22.0 Å². The molecule has 0 radical (unpaired) electrons. The number of ketones is 1. The second-order valence-electron chi connectivity index (χ2n) is 6.79. The second-order valence-corrected chi connectivity index (χ2v) is 6.79. The summed E-state index contributed by atoms with van der Waals surface area (Å²) in [5.41, 5.74) is -1.49. The van der Waals surface area contributed by atoms with Gasteiger partial charge in [-0.2, -0.15) is 22.0 Å². The average molecular weight is 445 g/mol. The number of alkyl halides is 5. The zero-order valence-electron chi connectivity index (χ0n) is 16.6. The summed E-state index contributed by atoms with van der Waals surface area (Å²) in [6.07, 6.45) is -4.47. The van der Waals surface area contributed by atoms with E-state index in [0.717, 1.165) is 36.4 Å². The summed E-state index contributed by atoms with van der Waals surface area (Å²) in [6.45, 7) is 1.49. The van der Waals surface area contributed by atoms with Crippen LogP contribution in [-0.4, -0.2) is 30.5 Å². The van der Waals surface area contributed by atoms with Crippen molar-refractivity contribution < 1.29 is 41.4 Å². The van der Waals surface area contributed by atoms with Crippen molar-refractivity contribution in [3.63, 3.8) is 0 Å². The van der Waals surface area contributed by atoms with Gasteiger partial charge in [0.15, 0.2) is 0 Å². The van der Waals surface area contributed by atoms with Crippen LogP contribution in [0.25, 0.3) is 11.1 Å². The molecule has 2 N–H and O–H groups in total. The van der Waals surface area contributed by atoms with Gasteiger partial charge in [-0.05, 0) is 48.4 Å². The molecule has 5 nitrogen and oxygen atoms in total. The van der Waals surface area contributed by atoms with E-state index >= 15 is 0 Å². The van der Waals surface area contributed by atoms with Crippen molar-refractivity contribution in [3.05, 3.63) is 53.1 Å². The molecule has 2 aromatic carbocycles. The van der Waals surface area contributed by atoms with Crippen LogP contribution in [0.3, 0.4) is 0 Å². The number of carbonyl (C=O) groups is 2. The van der Waals surface area contributed by atoms with Crippen molar-refractivity contribution in [1.29, 1.82) is 0 Å². The normalized spacial score (nSPS) is 12.0. The number of carbonyl (C=O) groups excluding carboxylic acids is 1. The Morgan fingerprint density at radius 3 is 2.19 bits per heavy atom. The highest BCUT2D eigenvalue weighted by molar-refractivity contribution is 5.80. The quantitative estimate of drug-likeness (QED) is 0.435. The Morgan fingerprint density at radius 2 is 1.65 bits per heavy atom. The van der Waals surface area contributed by atoms with Crippen LogP contribution in [-0.2, 0) is 28.2 Å². The van der Waals surface area contributed by atoms with Crippen molar-refractivity contribution >= 4 is 11.8 Å². The van der Waals surface area contributed by atoms with E-state index in [9.17, 15) is 31.5 Å². The number of halogens is 5. The van der Waals surface area contributed by atoms with Gasteiger partial charge in [0.2, 0.25) is 0 Å². The first-order valence-electron chi connectivity index (χ1n) is 9.08. The molecule has 10 heteroatoms. The Labute approximate surface area is 174 Å². The van der Waals surface area contributed by atoms with Gasteiger partial charge in [0, 0.05) is 30.6 Å². The Morgan fingerprint density at radius 1 is 1.00 bits per heavy atom. The predicted octanol–water partition coefficient (Wildman–Crippen LogP) is 4.63. The van der Waals surface area contributed by atoms with Crippen LogP contribution in [0, 0.1) is 0 Å². The molecular formula is C21H20F5NO4. The minimum absolute atomic E-state index is 0.0121. The third kappa shape index (κ3) is 5.78. The van der Waals surface area contributed by atoms with E-state index < -0.39 is 29.2 Å². The molecule has 0 saturated heterocycles. The van der Waals surface area contributed by atoms with Gasteiger partial charge in [-0.1, -0.05) is 6.07 Å². The zero-order valence-corrected chi connectivity index (χ0v) is 16.6. The minimum Gasteiger partial charge on any atom is -0.496 e. The van der Waals surface area contributed by atoms with E-state index in [1.54, 1.807) is 0 Å².